The predicted octanol–water partition coefficient (Wildman–Crippen LogP) is 5.49. The summed E-state index contributed by atoms with van der Waals surface area (Å²) in [6.07, 6.45) is 15.6. The monoisotopic (exact) mass is 480 g/mol. The van der Waals surface area contributed by atoms with E-state index in [2.05, 4.69) is 6.92 Å². The topological polar surface area (TPSA) is 127 Å². The summed E-state index contributed by atoms with van der Waals surface area (Å²) in [4.78, 5) is 22.7. The zero-order valence-corrected chi connectivity index (χ0v) is 20.7. The predicted molar refractivity (Wildman–Crippen MR) is 124 cm³/mol. The van der Waals surface area contributed by atoms with Gasteiger partial charge in [-0.15, -0.1) is 0 Å². The molecular formula is C23H44O8S. The third kappa shape index (κ3) is 17.4. The second kappa shape index (κ2) is 19.3. The Morgan fingerprint density at radius 2 is 1.22 bits per heavy atom. The van der Waals surface area contributed by atoms with Crippen molar-refractivity contribution >= 4 is 22.1 Å². The van der Waals surface area contributed by atoms with Gasteiger partial charge in [-0.3, -0.25) is 14.1 Å². The van der Waals surface area contributed by atoms with Gasteiger partial charge in [0.2, 0.25) is 6.29 Å². The van der Waals surface area contributed by atoms with Crippen LogP contribution in [0.25, 0.3) is 0 Å². The molecule has 0 bridgehead atoms. The molecule has 0 aromatic carbocycles. The summed E-state index contributed by atoms with van der Waals surface area (Å²) in [7, 11) is -4.87. The second-order valence-corrected chi connectivity index (χ2v) is 9.94. The lowest BCUT2D eigenvalue weighted by atomic mass is 10.0. The van der Waals surface area contributed by atoms with Gasteiger partial charge in [0.1, 0.15) is 0 Å². The lowest BCUT2D eigenvalue weighted by Gasteiger charge is -2.19. The molecule has 0 aliphatic heterocycles. The number of aliphatic carboxylic acids is 1. The molecule has 2 unspecified atom stereocenters. The van der Waals surface area contributed by atoms with Crippen molar-refractivity contribution in [3.8, 4) is 0 Å². The van der Waals surface area contributed by atoms with Gasteiger partial charge < -0.3 is 14.6 Å². The number of rotatable bonds is 22. The minimum Gasteiger partial charge on any atom is -0.481 e. The minimum absolute atomic E-state index is 0.287. The van der Waals surface area contributed by atoms with Gasteiger partial charge >= 0.3 is 11.9 Å². The highest BCUT2D eigenvalue weighted by atomic mass is 32.2. The van der Waals surface area contributed by atoms with Gasteiger partial charge in [-0.1, -0.05) is 97.3 Å². The van der Waals surface area contributed by atoms with Crippen molar-refractivity contribution in [2.75, 3.05) is 6.61 Å². The zero-order valence-electron chi connectivity index (χ0n) is 19.9. The molecule has 0 spiro atoms. The van der Waals surface area contributed by atoms with E-state index < -0.39 is 40.0 Å². The summed E-state index contributed by atoms with van der Waals surface area (Å²) < 4.78 is 42.0. The highest BCUT2D eigenvalue weighted by Crippen LogP contribution is 2.14. The van der Waals surface area contributed by atoms with E-state index >= 15 is 0 Å². The quantitative estimate of drug-likeness (QED) is 0.0900. The lowest BCUT2D eigenvalue weighted by Crippen LogP contribution is -2.36. The third-order valence-corrected chi connectivity index (χ3v) is 6.44. The molecule has 190 valence electrons. The van der Waals surface area contributed by atoms with Crippen molar-refractivity contribution in [3.63, 3.8) is 0 Å². The Morgan fingerprint density at radius 1 is 0.781 bits per heavy atom. The number of ether oxygens (including phenoxy) is 2. The fraction of sp³-hybridized carbons (Fsp3) is 0.913. The van der Waals surface area contributed by atoms with Gasteiger partial charge in [-0.05, 0) is 6.42 Å². The molecule has 0 radical (unpaired) electrons. The first-order valence-corrected chi connectivity index (χ1v) is 13.7. The summed E-state index contributed by atoms with van der Waals surface area (Å²) in [5.41, 5.74) is 0. The van der Waals surface area contributed by atoms with E-state index in [9.17, 15) is 18.0 Å². The van der Waals surface area contributed by atoms with Crippen LogP contribution in [-0.4, -0.2) is 48.2 Å². The van der Waals surface area contributed by atoms with E-state index in [0.29, 0.717) is 6.61 Å². The molecule has 0 fully saturated rings. The number of carbonyl (C=O) groups excluding carboxylic acids is 1. The van der Waals surface area contributed by atoms with Crippen LogP contribution in [0, 0.1) is 0 Å². The van der Waals surface area contributed by atoms with Crippen molar-refractivity contribution in [3.05, 3.63) is 0 Å². The Morgan fingerprint density at radius 3 is 1.59 bits per heavy atom. The molecule has 0 saturated heterocycles. The van der Waals surface area contributed by atoms with Crippen LogP contribution in [0.15, 0.2) is 0 Å². The van der Waals surface area contributed by atoms with Crippen molar-refractivity contribution in [1.29, 1.82) is 0 Å². The van der Waals surface area contributed by atoms with Gasteiger partial charge in [0.05, 0.1) is 13.0 Å². The highest BCUT2D eigenvalue weighted by Gasteiger charge is 2.36. The number of hydrogen-bond acceptors (Lipinski definition) is 6. The fourth-order valence-corrected chi connectivity index (χ4v) is 4.07. The first-order chi connectivity index (χ1) is 15.2. The van der Waals surface area contributed by atoms with Crippen LogP contribution in [-0.2, 0) is 29.2 Å². The summed E-state index contributed by atoms with van der Waals surface area (Å²) in [5, 5.41) is 6.57. The van der Waals surface area contributed by atoms with Crippen LogP contribution in [0.3, 0.4) is 0 Å². The summed E-state index contributed by atoms with van der Waals surface area (Å²) >= 11 is 0. The Kier molecular flexibility index (Phi) is 18.6. The average molecular weight is 481 g/mol. The molecule has 0 saturated carbocycles. The van der Waals surface area contributed by atoms with Crippen LogP contribution in [0.1, 0.15) is 117 Å². The molecule has 0 aromatic heterocycles. The molecule has 0 aliphatic rings. The molecule has 0 rings (SSSR count). The molecule has 2 N–H and O–H groups in total. The molecule has 0 amide bonds. The SMILES string of the molecule is CCCCCCCCCCCCCCCCOC(CC)OC(=O)C(CC(=O)O)S(=O)(=O)O. The molecular weight excluding hydrogens is 436 g/mol. The van der Waals surface area contributed by atoms with Crippen molar-refractivity contribution in [2.45, 2.75) is 128 Å². The van der Waals surface area contributed by atoms with Crippen molar-refractivity contribution < 1.29 is 37.1 Å². The number of carboxylic acid groups (broad SMARTS) is 1. The van der Waals surface area contributed by atoms with E-state index in [1.54, 1.807) is 6.92 Å². The Balaban J connectivity index is 3.80. The van der Waals surface area contributed by atoms with Crippen LogP contribution in [0.5, 0.6) is 0 Å². The van der Waals surface area contributed by atoms with E-state index in [4.69, 9.17) is 19.1 Å². The molecule has 0 aliphatic carbocycles. The third-order valence-electron chi connectivity index (χ3n) is 5.37. The van der Waals surface area contributed by atoms with Gasteiger partial charge in [-0.2, -0.15) is 8.42 Å². The van der Waals surface area contributed by atoms with Crippen LogP contribution >= 0.6 is 0 Å². The Hall–Kier alpha value is -1.19. The van der Waals surface area contributed by atoms with Gasteiger partial charge in [0.25, 0.3) is 10.1 Å². The summed E-state index contributed by atoms with van der Waals surface area (Å²) in [5.74, 6) is -2.84. The van der Waals surface area contributed by atoms with Crippen molar-refractivity contribution in [2.24, 2.45) is 0 Å². The highest BCUT2D eigenvalue weighted by molar-refractivity contribution is 7.87. The van der Waals surface area contributed by atoms with Crippen LogP contribution < -0.4 is 0 Å². The molecule has 0 aromatic rings. The Bertz CT molecular complexity index is 591. The van der Waals surface area contributed by atoms with Gasteiger partial charge in [-0.25, -0.2) is 0 Å². The second-order valence-electron chi connectivity index (χ2n) is 8.34. The first-order valence-electron chi connectivity index (χ1n) is 12.2. The number of carboxylic acids is 1. The smallest absolute Gasteiger partial charge is 0.329 e. The molecule has 32 heavy (non-hydrogen) atoms. The van der Waals surface area contributed by atoms with E-state index in [0.717, 1.165) is 19.3 Å². The van der Waals surface area contributed by atoms with E-state index in [1.165, 1.54) is 70.6 Å². The van der Waals surface area contributed by atoms with Crippen molar-refractivity contribution in [1.82, 2.24) is 0 Å². The summed E-state index contributed by atoms with van der Waals surface area (Å²) in [6, 6.07) is 0. The fourth-order valence-electron chi connectivity index (χ4n) is 3.42. The summed E-state index contributed by atoms with van der Waals surface area (Å²) in [6.45, 7) is 4.30. The maximum Gasteiger partial charge on any atom is 0.329 e. The normalized spacial score (nSPS) is 13.6. The number of esters is 1. The molecule has 2 atom stereocenters. The van der Waals surface area contributed by atoms with Crippen LogP contribution in [0.2, 0.25) is 0 Å². The molecule has 9 heteroatoms. The number of unbranched alkanes of at least 4 members (excludes halogenated alkanes) is 13. The maximum atomic E-state index is 12.0. The average Bonchev–Trinajstić information content (AvgIpc) is 2.72. The minimum atomic E-state index is -4.87. The lowest BCUT2D eigenvalue weighted by molar-refractivity contribution is -0.180. The number of carbonyl (C=O) groups is 2. The first kappa shape index (κ1) is 30.8. The molecule has 8 nitrogen and oxygen atoms in total. The number of hydrogen-bond donors (Lipinski definition) is 2. The largest absolute Gasteiger partial charge is 0.481 e. The van der Waals surface area contributed by atoms with E-state index in [1.807, 2.05) is 0 Å². The zero-order chi connectivity index (χ0) is 24.2. The standard InChI is InChI=1S/C23H44O8S/c1-3-5-6-7-8-9-10-11-12-13-14-15-16-17-18-30-22(4-2)31-23(26)20(19-21(24)25)32(27,28)29/h20,22H,3-19H2,1-2H3,(H,24,25)(H,27,28,29). The Labute approximate surface area is 194 Å². The van der Waals surface area contributed by atoms with Crippen LogP contribution in [0.4, 0.5) is 0 Å². The van der Waals surface area contributed by atoms with Gasteiger partial charge in [0.15, 0.2) is 5.25 Å². The van der Waals surface area contributed by atoms with Gasteiger partial charge in [0, 0.05) is 6.42 Å². The molecule has 0 heterocycles. The van der Waals surface area contributed by atoms with E-state index in [-0.39, 0.29) is 6.42 Å². The maximum absolute atomic E-state index is 12.0.